The molecule has 0 amide bonds. The summed E-state index contributed by atoms with van der Waals surface area (Å²) in [5, 5.41) is 25.9. The molecule has 158 valence electrons. The highest BCUT2D eigenvalue weighted by Crippen LogP contribution is 2.33. The predicted molar refractivity (Wildman–Crippen MR) is 124 cm³/mol. The van der Waals surface area contributed by atoms with E-state index in [0.717, 1.165) is 10.2 Å². The van der Waals surface area contributed by atoms with Crippen molar-refractivity contribution in [1.29, 1.82) is 0 Å². The second-order valence-corrected chi connectivity index (χ2v) is 7.29. The Bertz CT molecular complexity index is 1250. The number of hydrogen-bond donors (Lipinski definition) is 2. The number of halogens is 1. The Labute approximate surface area is 190 Å². The number of nitrogens with one attached hydrogen (secondary N) is 2. The number of azo groups is 1. The van der Waals surface area contributed by atoms with Crippen LogP contribution in [-0.4, -0.2) is 19.9 Å². The number of aromatic nitrogens is 3. The summed E-state index contributed by atoms with van der Waals surface area (Å²) in [5.41, 5.74) is 1.68. The lowest BCUT2D eigenvalue weighted by atomic mass is 10.3. The minimum atomic E-state index is -0.550. The summed E-state index contributed by atoms with van der Waals surface area (Å²) < 4.78 is 0.786. The van der Waals surface area contributed by atoms with Gasteiger partial charge in [0.1, 0.15) is 12.1 Å². The zero-order chi connectivity index (χ0) is 22.3. The number of hydrogen-bond acceptors (Lipinski definition) is 9. The van der Waals surface area contributed by atoms with Crippen molar-refractivity contribution in [3.63, 3.8) is 0 Å². The van der Waals surface area contributed by atoms with Gasteiger partial charge in [-0.3, -0.25) is 10.1 Å². The second-order valence-electron chi connectivity index (χ2n) is 6.37. The normalized spacial score (nSPS) is 10.8. The third kappa shape index (κ3) is 5.26. The van der Waals surface area contributed by atoms with Crippen LogP contribution in [0, 0.1) is 10.1 Å². The lowest BCUT2D eigenvalue weighted by molar-refractivity contribution is -0.383. The zero-order valence-electron chi connectivity index (χ0n) is 16.4. The van der Waals surface area contributed by atoms with Crippen molar-refractivity contribution in [2.45, 2.75) is 0 Å². The Balaban J connectivity index is 1.54. The minimum Gasteiger partial charge on any atom is -0.334 e. The number of benzene rings is 2. The molecule has 0 atom stereocenters. The molecule has 11 heteroatoms. The average Bonchev–Trinajstić information content (AvgIpc) is 2.81. The Morgan fingerprint density at radius 3 is 2.09 bits per heavy atom. The van der Waals surface area contributed by atoms with Gasteiger partial charge < -0.3 is 10.6 Å². The molecule has 0 saturated carbocycles. The molecule has 2 aromatic carbocycles. The molecule has 0 spiro atoms. The van der Waals surface area contributed by atoms with Crippen LogP contribution in [0.15, 0.2) is 94.0 Å². The molecule has 2 heterocycles. The number of nitro groups is 1. The fourth-order valence-corrected chi connectivity index (χ4v) is 2.90. The standard InChI is InChI=1S/C21H15BrN8O2/c22-14-6-11-18(23-12-14)27-21-19(30(31)32)20(24-13-25-21)26-15-7-9-17(10-8-15)29-28-16-4-2-1-3-5-16/h1-13H,(H2,23,24,25,26,27). The summed E-state index contributed by atoms with van der Waals surface area (Å²) in [4.78, 5) is 23.4. The minimum absolute atomic E-state index is 0.0237. The number of nitrogens with zero attached hydrogens (tertiary/aromatic N) is 6. The maximum Gasteiger partial charge on any atom is 0.353 e. The van der Waals surface area contributed by atoms with E-state index in [9.17, 15) is 10.1 Å². The monoisotopic (exact) mass is 490 g/mol. The lowest BCUT2D eigenvalue weighted by Crippen LogP contribution is -2.06. The van der Waals surface area contributed by atoms with Crippen molar-refractivity contribution < 1.29 is 4.92 Å². The lowest BCUT2D eigenvalue weighted by Gasteiger charge is -2.10. The van der Waals surface area contributed by atoms with Gasteiger partial charge in [-0.25, -0.2) is 15.0 Å². The molecule has 0 aliphatic heterocycles. The summed E-state index contributed by atoms with van der Waals surface area (Å²) in [7, 11) is 0. The second kappa shape index (κ2) is 9.71. The Morgan fingerprint density at radius 2 is 1.47 bits per heavy atom. The predicted octanol–water partition coefficient (Wildman–Crippen LogP) is 6.44. The molecule has 0 unspecified atom stereocenters. The molecule has 10 nitrogen and oxygen atoms in total. The van der Waals surface area contributed by atoms with Gasteiger partial charge in [0, 0.05) is 16.4 Å². The number of anilines is 4. The molecule has 0 aliphatic carbocycles. The van der Waals surface area contributed by atoms with E-state index >= 15 is 0 Å². The molecule has 0 radical (unpaired) electrons. The highest BCUT2D eigenvalue weighted by atomic mass is 79.9. The molecule has 0 fully saturated rings. The largest absolute Gasteiger partial charge is 0.353 e. The summed E-state index contributed by atoms with van der Waals surface area (Å²) in [5.74, 6) is 0.480. The van der Waals surface area contributed by atoms with Gasteiger partial charge in [0.05, 0.1) is 16.3 Å². The quantitative estimate of drug-likeness (QED) is 0.173. The molecule has 32 heavy (non-hydrogen) atoms. The van der Waals surface area contributed by atoms with E-state index < -0.39 is 4.92 Å². The highest BCUT2D eigenvalue weighted by molar-refractivity contribution is 9.10. The van der Waals surface area contributed by atoms with Crippen molar-refractivity contribution >= 4 is 56.1 Å². The molecule has 2 aromatic heterocycles. The van der Waals surface area contributed by atoms with Gasteiger partial charge >= 0.3 is 5.69 Å². The third-order valence-corrected chi connectivity index (χ3v) is 4.61. The highest BCUT2D eigenvalue weighted by Gasteiger charge is 2.23. The van der Waals surface area contributed by atoms with Gasteiger partial charge in [-0.05, 0) is 64.5 Å². The molecule has 0 bridgehead atoms. The third-order valence-electron chi connectivity index (χ3n) is 4.15. The van der Waals surface area contributed by atoms with Crippen LogP contribution in [0.1, 0.15) is 0 Å². The van der Waals surface area contributed by atoms with Gasteiger partial charge in [-0.2, -0.15) is 10.2 Å². The van der Waals surface area contributed by atoms with Crippen LogP contribution in [0.25, 0.3) is 0 Å². The van der Waals surface area contributed by atoms with Crippen molar-refractivity contribution in [2.24, 2.45) is 10.2 Å². The molecule has 0 aliphatic rings. The smallest absolute Gasteiger partial charge is 0.334 e. The SMILES string of the molecule is O=[N+]([O-])c1c(Nc2ccc(N=Nc3ccccc3)cc2)ncnc1Nc1ccc(Br)cn1. The molecular formula is C21H15BrN8O2. The van der Waals surface area contributed by atoms with Gasteiger partial charge in [0.25, 0.3) is 0 Å². The van der Waals surface area contributed by atoms with E-state index in [2.05, 4.69) is 51.7 Å². The summed E-state index contributed by atoms with van der Waals surface area (Å²) in [6.45, 7) is 0. The average molecular weight is 491 g/mol. The molecular weight excluding hydrogens is 476 g/mol. The summed E-state index contributed by atoms with van der Waals surface area (Å²) in [6.07, 6.45) is 2.81. The van der Waals surface area contributed by atoms with Gasteiger partial charge in [-0.1, -0.05) is 18.2 Å². The van der Waals surface area contributed by atoms with E-state index in [4.69, 9.17) is 0 Å². The van der Waals surface area contributed by atoms with Crippen molar-refractivity contribution in [2.75, 3.05) is 10.6 Å². The first-order chi connectivity index (χ1) is 15.6. The van der Waals surface area contributed by atoms with E-state index in [0.29, 0.717) is 17.2 Å². The summed E-state index contributed by atoms with van der Waals surface area (Å²) >= 11 is 3.30. The van der Waals surface area contributed by atoms with Crippen LogP contribution < -0.4 is 10.6 Å². The van der Waals surface area contributed by atoms with E-state index in [1.165, 1.54) is 6.33 Å². The maximum atomic E-state index is 11.7. The zero-order valence-corrected chi connectivity index (χ0v) is 18.0. The van der Waals surface area contributed by atoms with Crippen LogP contribution in [0.5, 0.6) is 0 Å². The van der Waals surface area contributed by atoms with Crippen LogP contribution in [0.4, 0.5) is 40.2 Å². The van der Waals surface area contributed by atoms with Crippen LogP contribution >= 0.6 is 15.9 Å². The first kappa shape index (κ1) is 21.0. The van der Waals surface area contributed by atoms with Gasteiger partial charge in [0.15, 0.2) is 0 Å². The molecule has 4 rings (SSSR count). The Hall–Kier alpha value is -4.25. The number of rotatable bonds is 7. The fraction of sp³-hybridized carbons (Fsp3) is 0. The fourth-order valence-electron chi connectivity index (χ4n) is 2.66. The Morgan fingerprint density at radius 1 is 0.812 bits per heavy atom. The van der Waals surface area contributed by atoms with E-state index in [-0.39, 0.29) is 17.3 Å². The van der Waals surface area contributed by atoms with Crippen molar-refractivity contribution in [3.8, 4) is 0 Å². The molecule has 0 saturated heterocycles. The van der Waals surface area contributed by atoms with Crippen LogP contribution in [0.2, 0.25) is 0 Å². The molecule has 4 aromatic rings. The summed E-state index contributed by atoms with van der Waals surface area (Å²) in [6, 6.07) is 19.7. The van der Waals surface area contributed by atoms with Gasteiger partial charge in [-0.15, -0.1) is 0 Å². The first-order valence-corrected chi connectivity index (χ1v) is 10.1. The molecule has 2 N–H and O–H groups in total. The van der Waals surface area contributed by atoms with Crippen molar-refractivity contribution in [3.05, 3.63) is 93.8 Å². The number of pyridine rings is 1. The van der Waals surface area contributed by atoms with Crippen LogP contribution in [-0.2, 0) is 0 Å². The topological polar surface area (TPSA) is 131 Å². The van der Waals surface area contributed by atoms with Gasteiger partial charge in [0.2, 0.25) is 11.6 Å². The Kier molecular flexibility index (Phi) is 6.37. The van der Waals surface area contributed by atoms with E-state index in [1.807, 2.05) is 30.3 Å². The van der Waals surface area contributed by atoms with Crippen molar-refractivity contribution in [1.82, 2.24) is 15.0 Å². The first-order valence-electron chi connectivity index (χ1n) is 9.30. The maximum absolute atomic E-state index is 11.7. The van der Waals surface area contributed by atoms with E-state index in [1.54, 1.807) is 42.6 Å². The van der Waals surface area contributed by atoms with Crippen LogP contribution in [0.3, 0.4) is 0 Å².